The molecule has 0 amide bonds. The largest absolute Gasteiger partial charge is 1.00 e. The fraction of sp³-hybridized carbons (Fsp3) is 0.222. The molecule has 0 aromatic heterocycles. The smallest absolute Gasteiger partial charge is 1.00 e. The summed E-state index contributed by atoms with van der Waals surface area (Å²) in [6.07, 6.45) is 0. The van der Waals surface area contributed by atoms with Gasteiger partial charge in [0.15, 0.2) is 0 Å². The van der Waals surface area contributed by atoms with Gasteiger partial charge in [0.25, 0.3) is 0 Å². The molecular formula is C9H12ClNO. The highest BCUT2D eigenvalue weighted by Gasteiger charge is 1.97. The van der Waals surface area contributed by atoms with E-state index in [2.05, 4.69) is 0 Å². The maximum Gasteiger partial charge on any atom is 1.00 e. The van der Waals surface area contributed by atoms with Crippen LogP contribution in [0.3, 0.4) is 0 Å². The van der Waals surface area contributed by atoms with E-state index in [9.17, 15) is 0 Å². The maximum atomic E-state index is 7.41. The average Bonchev–Trinajstić information content (AvgIpc) is 2.07. The summed E-state index contributed by atoms with van der Waals surface area (Å²) in [4.78, 5) is 0. The fourth-order valence-corrected chi connectivity index (χ4v) is 0.817. The Kier molecular flexibility index (Phi) is 5.13. The van der Waals surface area contributed by atoms with Gasteiger partial charge in [-0.1, -0.05) is 18.2 Å². The molecule has 3 heteroatoms. The van der Waals surface area contributed by atoms with E-state index in [1.807, 2.05) is 37.3 Å². The van der Waals surface area contributed by atoms with Gasteiger partial charge in [-0.3, -0.25) is 5.41 Å². The molecule has 1 N–H and O–H groups in total. The zero-order valence-electron chi connectivity index (χ0n) is 7.88. The summed E-state index contributed by atoms with van der Waals surface area (Å²) in [6.45, 7) is 2.42. The van der Waals surface area contributed by atoms with Crippen LogP contribution in [0.5, 0.6) is 0 Å². The summed E-state index contributed by atoms with van der Waals surface area (Å²) in [5, 5.41) is 7.41. The Labute approximate surface area is 80.0 Å². The topological polar surface area (TPSA) is 33.1 Å². The van der Waals surface area contributed by atoms with Crippen LogP contribution in [0.15, 0.2) is 30.3 Å². The normalized spacial score (nSPS) is 8.42. The molecule has 0 heterocycles. The van der Waals surface area contributed by atoms with Crippen LogP contribution in [-0.2, 0) is 4.74 Å². The maximum absolute atomic E-state index is 7.41. The van der Waals surface area contributed by atoms with Crippen molar-refractivity contribution in [2.45, 2.75) is 6.92 Å². The molecule has 0 bridgehead atoms. The Morgan fingerprint density at radius 3 is 2.50 bits per heavy atom. The minimum atomic E-state index is 0. The molecule has 12 heavy (non-hydrogen) atoms. The first kappa shape index (κ1) is 11.0. The first-order valence-electron chi connectivity index (χ1n) is 3.61. The highest BCUT2D eigenvalue weighted by Crippen LogP contribution is 1.99. The third-order valence-corrected chi connectivity index (χ3v) is 1.32. The predicted octanol–water partition coefficient (Wildman–Crippen LogP) is -0.835. The van der Waals surface area contributed by atoms with Crippen molar-refractivity contribution in [1.29, 1.82) is 5.41 Å². The first-order valence-corrected chi connectivity index (χ1v) is 3.61. The van der Waals surface area contributed by atoms with Crippen molar-refractivity contribution in [1.82, 2.24) is 0 Å². The van der Waals surface area contributed by atoms with E-state index in [1.165, 1.54) is 0 Å². The second-order valence-corrected chi connectivity index (χ2v) is 2.13. The lowest BCUT2D eigenvalue weighted by Gasteiger charge is -2.02. The zero-order chi connectivity index (χ0) is 8.10. The summed E-state index contributed by atoms with van der Waals surface area (Å²) in [7, 11) is 0. The van der Waals surface area contributed by atoms with E-state index in [4.69, 9.17) is 10.1 Å². The van der Waals surface area contributed by atoms with E-state index in [0.29, 0.717) is 6.61 Å². The van der Waals surface area contributed by atoms with Gasteiger partial charge in [-0.05, 0) is 19.1 Å². The van der Waals surface area contributed by atoms with Crippen LogP contribution >= 0.6 is 0 Å². The minimum Gasteiger partial charge on any atom is -1.00 e. The van der Waals surface area contributed by atoms with Crippen molar-refractivity contribution in [3.63, 3.8) is 0 Å². The standard InChI is InChI=1S/C9H11NO.ClH/c1-2-11-9(10)8-6-4-3-5-7-8;/h3-7,10H,2H2,1H3;1H. The van der Waals surface area contributed by atoms with Gasteiger partial charge in [0.1, 0.15) is 0 Å². The lowest BCUT2D eigenvalue weighted by Crippen LogP contribution is -3.00. The van der Waals surface area contributed by atoms with Gasteiger partial charge in [0, 0.05) is 5.56 Å². The second-order valence-electron chi connectivity index (χ2n) is 2.13. The molecule has 0 fully saturated rings. The van der Waals surface area contributed by atoms with Crippen molar-refractivity contribution in [2.75, 3.05) is 6.61 Å². The fourth-order valence-electron chi connectivity index (χ4n) is 0.817. The molecule has 0 radical (unpaired) electrons. The Morgan fingerprint density at radius 1 is 1.42 bits per heavy atom. The number of ether oxygens (including phenoxy) is 1. The number of benzene rings is 1. The molecule has 1 aromatic rings. The quantitative estimate of drug-likeness (QED) is 0.474. The lowest BCUT2D eigenvalue weighted by atomic mass is 10.2. The zero-order valence-corrected chi connectivity index (χ0v) is 7.64. The Bertz CT molecular complexity index is 241. The van der Waals surface area contributed by atoms with Gasteiger partial charge in [0.05, 0.1) is 6.61 Å². The van der Waals surface area contributed by atoms with Crippen molar-refractivity contribution < 1.29 is 18.6 Å². The van der Waals surface area contributed by atoms with Crippen LogP contribution in [0.25, 0.3) is 0 Å². The number of halogens is 1. The molecule has 0 aliphatic carbocycles. The highest BCUT2D eigenvalue weighted by molar-refractivity contribution is 5.91. The van der Waals surface area contributed by atoms with Gasteiger partial charge >= 0.3 is 1.43 Å². The Hall–Kier alpha value is -1.02. The molecule has 1 rings (SSSR count). The van der Waals surface area contributed by atoms with Crippen LogP contribution in [0, 0.1) is 5.41 Å². The molecule has 0 aliphatic rings. The summed E-state index contributed by atoms with van der Waals surface area (Å²) in [5.41, 5.74) is 0.828. The highest BCUT2D eigenvalue weighted by atomic mass is 35.5. The first-order chi connectivity index (χ1) is 5.34. The van der Waals surface area contributed by atoms with E-state index in [0.717, 1.165) is 5.56 Å². The van der Waals surface area contributed by atoms with Gasteiger partial charge in [-0.2, -0.15) is 0 Å². The van der Waals surface area contributed by atoms with Gasteiger partial charge in [0.2, 0.25) is 5.90 Å². The summed E-state index contributed by atoms with van der Waals surface area (Å²) in [6, 6.07) is 9.42. The molecule has 2 nitrogen and oxygen atoms in total. The van der Waals surface area contributed by atoms with Crippen molar-refractivity contribution in [3.8, 4) is 0 Å². The molecule has 66 valence electrons. The lowest BCUT2D eigenvalue weighted by molar-refractivity contribution is -0.00000333. The van der Waals surface area contributed by atoms with Gasteiger partial charge in [-0.15, -0.1) is 0 Å². The third kappa shape index (κ3) is 2.93. The molecular weight excluding hydrogens is 174 g/mol. The molecule has 0 spiro atoms. The SMILES string of the molecule is CCOC(=N)c1ccccc1.[Cl-].[H+]. The molecule has 1 aromatic carbocycles. The molecule has 0 saturated heterocycles. The minimum absolute atomic E-state index is 0. The number of hydrogen-bond donors (Lipinski definition) is 1. The molecule has 0 saturated carbocycles. The van der Waals surface area contributed by atoms with Gasteiger partial charge < -0.3 is 17.1 Å². The van der Waals surface area contributed by atoms with Crippen molar-refractivity contribution in [3.05, 3.63) is 35.9 Å². The third-order valence-electron chi connectivity index (χ3n) is 1.32. The molecule has 0 aliphatic heterocycles. The molecule has 0 unspecified atom stereocenters. The van der Waals surface area contributed by atoms with Crippen LogP contribution in [0.4, 0.5) is 0 Å². The Morgan fingerprint density at radius 2 is 2.00 bits per heavy atom. The van der Waals surface area contributed by atoms with E-state index in [1.54, 1.807) is 0 Å². The monoisotopic (exact) mass is 185 g/mol. The van der Waals surface area contributed by atoms with Crippen LogP contribution in [0.2, 0.25) is 0 Å². The second kappa shape index (κ2) is 5.61. The number of hydrogen-bond acceptors (Lipinski definition) is 2. The number of nitrogens with one attached hydrogen (secondary N) is 1. The summed E-state index contributed by atoms with van der Waals surface area (Å²) < 4.78 is 5.01. The van der Waals surface area contributed by atoms with E-state index < -0.39 is 0 Å². The van der Waals surface area contributed by atoms with Gasteiger partial charge in [-0.25, -0.2) is 0 Å². The summed E-state index contributed by atoms with van der Waals surface area (Å²) >= 11 is 0. The van der Waals surface area contributed by atoms with Crippen molar-refractivity contribution in [2.24, 2.45) is 0 Å². The Balaban J connectivity index is 0. The predicted molar refractivity (Wildman–Crippen MR) is 46.0 cm³/mol. The van der Waals surface area contributed by atoms with Crippen LogP contribution in [0.1, 0.15) is 13.9 Å². The van der Waals surface area contributed by atoms with Crippen LogP contribution in [-0.4, -0.2) is 12.5 Å². The van der Waals surface area contributed by atoms with E-state index >= 15 is 0 Å². The average molecular weight is 186 g/mol. The van der Waals surface area contributed by atoms with Crippen molar-refractivity contribution >= 4 is 5.90 Å². The molecule has 0 atom stereocenters. The van der Waals surface area contributed by atoms with Crippen LogP contribution < -0.4 is 12.4 Å². The summed E-state index contributed by atoms with van der Waals surface area (Å²) in [5.74, 6) is 0.244. The van der Waals surface area contributed by atoms with E-state index in [-0.39, 0.29) is 19.7 Å². The number of rotatable bonds is 2.